The molecule has 6 heteroatoms. The summed E-state index contributed by atoms with van der Waals surface area (Å²) in [6.07, 6.45) is 4.99. The average Bonchev–Trinajstić information content (AvgIpc) is 2.69. The Morgan fingerprint density at radius 2 is 1.88 bits per heavy atom. The molecule has 1 fully saturated rings. The fraction of sp³-hybridized carbons (Fsp3) is 0.250. The lowest BCUT2D eigenvalue weighted by molar-refractivity contribution is -0.127. The average molecular weight is 350 g/mol. The third kappa shape index (κ3) is 4.55. The van der Waals surface area contributed by atoms with E-state index in [0.29, 0.717) is 18.7 Å². The Labute approximate surface area is 152 Å². The number of rotatable bonds is 4. The second kappa shape index (κ2) is 8.40. The first-order valence-electron chi connectivity index (χ1n) is 8.63. The molecule has 2 amide bonds. The lowest BCUT2D eigenvalue weighted by Crippen LogP contribution is -2.48. The number of nitrogens with zero attached hydrogens (tertiary/aromatic N) is 2. The molecule has 26 heavy (non-hydrogen) atoms. The lowest BCUT2D eigenvalue weighted by atomic mass is 10.1. The number of amides is 2. The van der Waals surface area contributed by atoms with Gasteiger partial charge in [-0.2, -0.15) is 0 Å². The van der Waals surface area contributed by atoms with Gasteiger partial charge in [-0.3, -0.25) is 14.6 Å². The predicted molar refractivity (Wildman–Crippen MR) is 100 cm³/mol. The van der Waals surface area contributed by atoms with E-state index in [-0.39, 0.29) is 17.5 Å². The topological polar surface area (TPSA) is 74.3 Å². The minimum Gasteiger partial charge on any atom is -0.335 e. The van der Waals surface area contributed by atoms with E-state index in [2.05, 4.69) is 15.6 Å². The van der Waals surface area contributed by atoms with E-state index in [1.165, 1.54) is 0 Å². The van der Waals surface area contributed by atoms with Crippen molar-refractivity contribution in [1.82, 2.24) is 20.5 Å². The maximum Gasteiger partial charge on any atom is 0.270 e. The number of hydrogen-bond donors (Lipinski definition) is 2. The molecule has 0 bridgehead atoms. The molecule has 0 spiro atoms. The van der Waals surface area contributed by atoms with Crippen molar-refractivity contribution in [2.45, 2.75) is 6.92 Å². The zero-order valence-corrected chi connectivity index (χ0v) is 14.7. The number of aromatic nitrogens is 1. The summed E-state index contributed by atoms with van der Waals surface area (Å²) in [5.74, 6) is -0.487. The molecule has 0 aliphatic carbocycles. The largest absolute Gasteiger partial charge is 0.335 e. The molecule has 2 heterocycles. The van der Waals surface area contributed by atoms with Gasteiger partial charge in [-0.05, 0) is 36.8 Å². The summed E-state index contributed by atoms with van der Waals surface area (Å²) in [5.41, 5.74) is 2.60. The van der Waals surface area contributed by atoms with Gasteiger partial charge in [0.05, 0.1) is 0 Å². The highest BCUT2D eigenvalue weighted by molar-refractivity contribution is 6.05. The Kier molecular flexibility index (Phi) is 5.76. The number of pyridine rings is 1. The van der Waals surface area contributed by atoms with Crippen LogP contribution in [0.4, 0.5) is 0 Å². The summed E-state index contributed by atoms with van der Waals surface area (Å²) in [5, 5.41) is 6.00. The van der Waals surface area contributed by atoms with Crippen LogP contribution in [0.3, 0.4) is 0 Å². The summed E-state index contributed by atoms with van der Waals surface area (Å²) >= 11 is 0. The Hall–Kier alpha value is -2.99. The van der Waals surface area contributed by atoms with E-state index in [4.69, 9.17) is 0 Å². The van der Waals surface area contributed by atoms with Crippen molar-refractivity contribution in [2.75, 3.05) is 26.2 Å². The van der Waals surface area contributed by atoms with Crippen LogP contribution in [0, 0.1) is 6.92 Å². The van der Waals surface area contributed by atoms with Crippen molar-refractivity contribution >= 4 is 17.9 Å². The number of hydrogen-bond acceptors (Lipinski definition) is 4. The Morgan fingerprint density at radius 3 is 2.54 bits per heavy atom. The fourth-order valence-corrected chi connectivity index (χ4v) is 2.72. The molecule has 1 saturated heterocycles. The number of nitrogens with one attached hydrogen (secondary N) is 2. The molecule has 0 atom stereocenters. The Balaban J connectivity index is 1.84. The molecular formula is C20H22N4O2. The first kappa shape index (κ1) is 17.8. The van der Waals surface area contributed by atoms with E-state index in [0.717, 1.165) is 24.2 Å². The molecule has 6 nitrogen and oxygen atoms in total. The van der Waals surface area contributed by atoms with Crippen LogP contribution in [0.1, 0.15) is 21.5 Å². The molecule has 134 valence electrons. The molecule has 0 radical (unpaired) electrons. The minimum atomic E-state index is -0.302. The van der Waals surface area contributed by atoms with Crippen LogP contribution >= 0.6 is 0 Å². The lowest BCUT2D eigenvalue weighted by Gasteiger charge is -2.28. The van der Waals surface area contributed by atoms with Gasteiger partial charge in [0, 0.05) is 44.1 Å². The van der Waals surface area contributed by atoms with Crippen molar-refractivity contribution in [3.63, 3.8) is 0 Å². The molecular weight excluding hydrogens is 328 g/mol. The quantitative estimate of drug-likeness (QED) is 0.822. The maximum absolute atomic E-state index is 12.9. The highest BCUT2D eigenvalue weighted by atomic mass is 16.2. The third-order valence-electron chi connectivity index (χ3n) is 4.19. The first-order chi connectivity index (χ1) is 12.6. The number of piperazine rings is 1. The second-order valence-corrected chi connectivity index (χ2v) is 6.21. The molecule has 0 saturated carbocycles. The first-order valence-corrected chi connectivity index (χ1v) is 8.63. The van der Waals surface area contributed by atoms with Gasteiger partial charge in [-0.25, -0.2) is 0 Å². The Morgan fingerprint density at radius 1 is 1.15 bits per heavy atom. The highest BCUT2D eigenvalue weighted by Gasteiger charge is 2.22. The van der Waals surface area contributed by atoms with Gasteiger partial charge in [0.1, 0.15) is 5.70 Å². The number of aryl methyl sites for hydroxylation is 1. The van der Waals surface area contributed by atoms with Crippen molar-refractivity contribution in [3.05, 3.63) is 71.2 Å². The smallest absolute Gasteiger partial charge is 0.270 e. The summed E-state index contributed by atoms with van der Waals surface area (Å²) < 4.78 is 0. The normalized spacial score (nSPS) is 14.8. The van der Waals surface area contributed by atoms with Crippen LogP contribution in [0.25, 0.3) is 6.08 Å². The Bertz CT molecular complexity index is 794. The van der Waals surface area contributed by atoms with Gasteiger partial charge in [0.2, 0.25) is 0 Å². The van der Waals surface area contributed by atoms with Crippen molar-refractivity contribution in [2.24, 2.45) is 0 Å². The molecule has 1 aromatic heterocycles. The molecule has 3 rings (SSSR count). The highest BCUT2D eigenvalue weighted by Crippen LogP contribution is 2.10. The van der Waals surface area contributed by atoms with Crippen LogP contribution < -0.4 is 10.6 Å². The number of carbonyl (C=O) groups excluding carboxylic acids is 2. The molecule has 1 aliphatic rings. The summed E-state index contributed by atoms with van der Waals surface area (Å²) in [4.78, 5) is 31.3. The van der Waals surface area contributed by atoms with Crippen molar-refractivity contribution in [3.8, 4) is 0 Å². The second-order valence-electron chi connectivity index (χ2n) is 6.21. The number of benzene rings is 1. The maximum atomic E-state index is 12.9. The van der Waals surface area contributed by atoms with Crippen LogP contribution in [0.15, 0.2) is 54.5 Å². The van der Waals surface area contributed by atoms with Gasteiger partial charge in [0.25, 0.3) is 11.8 Å². The molecule has 1 aromatic carbocycles. The SMILES string of the molecule is Cc1ccc(C(=O)NC(=Cc2cccnc2)C(=O)N2CCNCC2)cc1. The van der Waals surface area contributed by atoms with Crippen molar-refractivity contribution in [1.29, 1.82) is 0 Å². The van der Waals surface area contributed by atoms with Gasteiger partial charge in [0.15, 0.2) is 0 Å². The van der Waals surface area contributed by atoms with Gasteiger partial charge in [-0.15, -0.1) is 0 Å². The molecule has 1 aliphatic heterocycles. The van der Waals surface area contributed by atoms with E-state index >= 15 is 0 Å². The molecule has 2 N–H and O–H groups in total. The van der Waals surface area contributed by atoms with Gasteiger partial charge in [-0.1, -0.05) is 23.8 Å². The summed E-state index contributed by atoms with van der Waals surface area (Å²) in [7, 11) is 0. The fourth-order valence-electron chi connectivity index (χ4n) is 2.72. The third-order valence-corrected chi connectivity index (χ3v) is 4.19. The van der Waals surface area contributed by atoms with E-state index in [1.54, 1.807) is 41.6 Å². The summed E-state index contributed by atoms with van der Waals surface area (Å²) in [6, 6.07) is 10.9. The van der Waals surface area contributed by atoms with Crippen LogP contribution in [0.5, 0.6) is 0 Å². The van der Waals surface area contributed by atoms with E-state index in [1.807, 2.05) is 25.1 Å². The van der Waals surface area contributed by atoms with E-state index in [9.17, 15) is 9.59 Å². The van der Waals surface area contributed by atoms with Crippen LogP contribution in [-0.4, -0.2) is 47.9 Å². The zero-order valence-electron chi connectivity index (χ0n) is 14.7. The van der Waals surface area contributed by atoms with Crippen LogP contribution in [0.2, 0.25) is 0 Å². The van der Waals surface area contributed by atoms with Crippen LogP contribution in [-0.2, 0) is 4.79 Å². The predicted octanol–water partition coefficient (Wildman–Crippen LogP) is 1.59. The van der Waals surface area contributed by atoms with Crippen molar-refractivity contribution < 1.29 is 9.59 Å². The standard InChI is InChI=1S/C20H22N4O2/c1-15-4-6-17(7-5-15)19(25)23-18(13-16-3-2-8-22-14-16)20(26)24-11-9-21-10-12-24/h2-8,13-14,21H,9-12H2,1H3,(H,23,25). The molecule has 0 unspecified atom stereocenters. The van der Waals surface area contributed by atoms with E-state index < -0.39 is 0 Å². The zero-order chi connectivity index (χ0) is 18.4. The molecule has 2 aromatic rings. The monoisotopic (exact) mass is 350 g/mol. The number of carbonyl (C=O) groups is 2. The summed E-state index contributed by atoms with van der Waals surface area (Å²) in [6.45, 7) is 4.69. The van der Waals surface area contributed by atoms with Gasteiger partial charge < -0.3 is 15.5 Å². The van der Waals surface area contributed by atoms with Gasteiger partial charge >= 0.3 is 0 Å². The minimum absolute atomic E-state index is 0.184.